The predicted octanol–water partition coefficient (Wildman–Crippen LogP) is 2.25. The molecule has 2 aromatic rings. The van der Waals surface area contributed by atoms with Crippen molar-refractivity contribution in [3.05, 3.63) is 48.3 Å². The standard InChI is InChI=1S/C13H14N2O2/c1-16-13-7-10(4-5-12(13)14)9-17-11-3-2-6-15-8-11/h2-8H,9,14H2,1H3. The minimum Gasteiger partial charge on any atom is -0.495 e. The highest BCUT2D eigenvalue weighted by molar-refractivity contribution is 5.53. The van der Waals surface area contributed by atoms with Crippen LogP contribution in [0.2, 0.25) is 0 Å². The van der Waals surface area contributed by atoms with Crippen LogP contribution in [0.1, 0.15) is 5.56 Å². The summed E-state index contributed by atoms with van der Waals surface area (Å²) in [5, 5.41) is 0. The highest BCUT2D eigenvalue weighted by atomic mass is 16.5. The molecule has 1 heterocycles. The molecule has 17 heavy (non-hydrogen) atoms. The Morgan fingerprint density at radius 2 is 2.18 bits per heavy atom. The molecule has 2 N–H and O–H groups in total. The van der Waals surface area contributed by atoms with Crippen LogP contribution in [-0.2, 0) is 6.61 Å². The predicted molar refractivity (Wildman–Crippen MR) is 66.0 cm³/mol. The van der Waals surface area contributed by atoms with E-state index in [0.29, 0.717) is 18.0 Å². The lowest BCUT2D eigenvalue weighted by Crippen LogP contribution is -1.98. The first-order chi connectivity index (χ1) is 8.29. The van der Waals surface area contributed by atoms with Gasteiger partial charge in [-0.15, -0.1) is 0 Å². The zero-order valence-corrected chi connectivity index (χ0v) is 9.59. The summed E-state index contributed by atoms with van der Waals surface area (Å²) in [6.45, 7) is 0.461. The first kappa shape index (κ1) is 11.3. The minimum atomic E-state index is 0.461. The van der Waals surface area contributed by atoms with E-state index < -0.39 is 0 Å². The normalized spacial score (nSPS) is 9.94. The summed E-state index contributed by atoms with van der Waals surface area (Å²) in [6.07, 6.45) is 3.38. The molecule has 88 valence electrons. The SMILES string of the molecule is COc1cc(COc2cccnc2)ccc1N. The van der Waals surface area contributed by atoms with Gasteiger partial charge in [-0.1, -0.05) is 6.07 Å². The number of nitrogens with zero attached hydrogens (tertiary/aromatic N) is 1. The summed E-state index contributed by atoms with van der Waals surface area (Å²) in [5.74, 6) is 1.40. The van der Waals surface area contributed by atoms with Gasteiger partial charge in [0.25, 0.3) is 0 Å². The summed E-state index contributed by atoms with van der Waals surface area (Å²) in [4.78, 5) is 3.98. The van der Waals surface area contributed by atoms with E-state index in [1.807, 2.05) is 24.3 Å². The smallest absolute Gasteiger partial charge is 0.142 e. The largest absolute Gasteiger partial charge is 0.495 e. The lowest BCUT2D eigenvalue weighted by molar-refractivity contribution is 0.304. The van der Waals surface area contributed by atoms with E-state index >= 15 is 0 Å². The lowest BCUT2D eigenvalue weighted by Gasteiger charge is -2.08. The topological polar surface area (TPSA) is 57.4 Å². The van der Waals surface area contributed by atoms with Crippen molar-refractivity contribution >= 4 is 5.69 Å². The third-order valence-electron chi connectivity index (χ3n) is 2.34. The Balaban J connectivity index is 2.04. The van der Waals surface area contributed by atoms with Crippen molar-refractivity contribution in [2.24, 2.45) is 0 Å². The van der Waals surface area contributed by atoms with Gasteiger partial charge >= 0.3 is 0 Å². The maximum atomic E-state index is 5.73. The molecule has 0 unspecified atom stereocenters. The maximum Gasteiger partial charge on any atom is 0.142 e. The number of methoxy groups -OCH3 is 1. The molecule has 0 bridgehead atoms. The molecule has 0 aliphatic heterocycles. The van der Waals surface area contributed by atoms with Crippen LogP contribution in [0.3, 0.4) is 0 Å². The molecule has 1 aromatic heterocycles. The van der Waals surface area contributed by atoms with Gasteiger partial charge in [0, 0.05) is 6.20 Å². The first-order valence-corrected chi connectivity index (χ1v) is 5.25. The van der Waals surface area contributed by atoms with Gasteiger partial charge in [0.15, 0.2) is 0 Å². The number of aromatic nitrogens is 1. The number of ether oxygens (including phenoxy) is 2. The molecule has 0 fully saturated rings. The van der Waals surface area contributed by atoms with Crippen LogP contribution in [0, 0.1) is 0 Å². The van der Waals surface area contributed by atoms with E-state index in [0.717, 1.165) is 11.3 Å². The Morgan fingerprint density at radius 3 is 2.88 bits per heavy atom. The van der Waals surface area contributed by atoms with Gasteiger partial charge in [-0.3, -0.25) is 4.98 Å². The molecular formula is C13H14N2O2. The summed E-state index contributed by atoms with van der Waals surface area (Å²) in [5.41, 5.74) is 7.35. The van der Waals surface area contributed by atoms with Crippen LogP contribution in [0.4, 0.5) is 5.69 Å². The second-order valence-corrected chi connectivity index (χ2v) is 3.55. The van der Waals surface area contributed by atoms with Crippen LogP contribution in [-0.4, -0.2) is 12.1 Å². The van der Waals surface area contributed by atoms with Crippen molar-refractivity contribution in [2.75, 3.05) is 12.8 Å². The monoisotopic (exact) mass is 230 g/mol. The molecule has 0 spiro atoms. The molecule has 0 amide bonds. The Kier molecular flexibility index (Phi) is 3.45. The molecule has 1 aromatic carbocycles. The van der Waals surface area contributed by atoms with Gasteiger partial charge in [0.1, 0.15) is 18.1 Å². The first-order valence-electron chi connectivity index (χ1n) is 5.25. The molecule has 0 saturated heterocycles. The highest BCUT2D eigenvalue weighted by Crippen LogP contribution is 2.22. The van der Waals surface area contributed by atoms with Gasteiger partial charge in [-0.2, -0.15) is 0 Å². The van der Waals surface area contributed by atoms with Crippen molar-refractivity contribution in [1.29, 1.82) is 0 Å². The maximum absolute atomic E-state index is 5.73. The van der Waals surface area contributed by atoms with E-state index in [-0.39, 0.29) is 0 Å². The molecular weight excluding hydrogens is 216 g/mol. The van der Waals surface area contributed by atoms with Gasteiger partial charge in [-0.25, -0.2) is 0 Å². The molecule has 0 radical (unpaired) electrons. The van der Waals surface area contributed by atoms with E-state index in [4.69, 9.17) is 15.2 Å². The Labute approximate surface area is 100 Å². The molecule has 0 aliphatic carbocycles. The number of hydrogen-bond donors (Lipinski definition) is 1. The van der Waals surface area contributed by atoms with Crippen LogP contribution in [0.25, 0.3) is 0 Å². The van der Waals surface area contributed by atoms with Crippen molar-refractivity contribution in [3.8, 4) is 11.5 Å². The van der Waals surface area contributed by atoms with Crippen LogP contribution in [0.15, 0.2) is 42.7 Å². The number of rotatable bonds is 4. The molecule has 4 nitrogen and oxygen atoms in total. The number of benzene rings is 1. The summed E-state index contributed by atoms with van der Waals surface area (Å²) in [7, 11) is 1.59. The third-order valence-corrected chi connectivity index (χ3v) is 2.34. The molecule has 4 heteroatoms. The minimum absolute atomic E-state index is 0.461. The van der Waals surface area contributed by atoms with Crippen LogP contribution < -0.4 is 15.2 Å². The number of anilines is 1. The van der Waals surface area contributed by atoms with E-state index in [2.05, 4.69) is 4.98 Å². The Bertz CT molecular complexity index is 486. The second-order valence-electron chi connectivity index (χ2n) is 3.55. The fraction of sp³-hybridized carbons (Fsp3) is 0.154. The highest BCUT2D eigenvalue weighted by Gasteiger charge is 2.01. The molecule has 0 atom stereocenters. The average molecular weight is 230 g/mol. The Morgan fingerprint density at radius 1 is 1.29 bits per heavy atom. The zero-order chi connectivity index (χ0) is 12.1. The fourth-order valence-corrected chi connectivity index (χ4v) is 1.44. The summed E-state index contributed by atoms with van der Waals surface area (Å²) < 4.78 is 10.7. The third kappa shape index (κ3) is 2.87. The van der Waals surface area contributed by atoms with E-state index in [1.54, 1.807) is 25.6 Å². The Hall–Kier alpha value is -2.23. The quantitative estimate of drug-likeness (QED) is 0.818. The molecule has 0 aliphatic rings. The molecule has 0 saturated carbocycles. The van der Waals surface area contributed by atoms with Crippen LogP contribution >= 0.6 is 0 Å². The number of nitrogen functional groups attached to an aromatic ring is 1. The molecule has 2 rings (SSSR count). The summed E-state index contributed by atoms with van der Waals surface area (Å²) in [6, 6.07) is 9.28. The number of hydrogen-bond acceptors (Lipinski definition) is 4. The summed E-state index contributed by atoms with van der Waals surface area (Å²) >= 11 is 0. The van der Waals surface area contributed by atoms with Gasteiger partial charge < -0.3 is 15.2 Å². The van der Waals surface area contributed by atoms with Crippen molar-refractivity contribution in [2.45, 2.75) is 6.61 Å². The zero-order valence-electron chi connectivity index (χ0n) is 9.59. The number of nitrogens with two attached hydrogens (primary N) is 1. The van der Waals surface area contributed by atoms with Crippen LogP contribution in [0.5, 0.6) is 11.5 Å². The van der Waals surface area contributed by atoms with Crippen molar-refractivity contribution < 1.29 is 9.47 Å². The second kappa shape index (κ2) is 5.21. The lowest BCUT2D eigenvalue weighted by atomic mass is 10.2. The van der Waals surface area contributed by atoms with E-state index in [1.165, 1.54) is 0 Å². The fourth-order valence-electron chi connectivity index (χ4n) is 1.44. The van der Waals surface area contributed by atoms with Gasteiger partial charge in [0.05, 0.1) is 19.0 Å². The number of pyridine rings is 1. The van der Waals surface area contributed by atoms with Gasteiger partial charge in [-0.05, 0) is 29.8 Å². The van der Waals surface area contributed by atoms with Gasteiger partial charge in [0.2, 0.25) is 0 Å². The average Bonchev–Trinajstić information content (AvgIpc) is 2.39. The van der Waals surface area contributed by atoms with E-state index in [9.17, 15) is 0 Å². The van der Waals surface area contributed by atoms with Crippen molar-refractivity contribution in [3.63, 3.8) is 0 Å². The van der Waals surface area contributed by atoms with Crippen molar-refractivity contribution in [1.82, 2.24) is 4.98 Å².